The largest absolute Gasteiger partial charge is 0.393 e. The van der Waals surface area contributed by atoms with E-state index < -0.39 is 17.9 Å². The third-order valence-corrected chi connectivity index (χ3v) is 8.33. The Morgan fingerprint density at radius 1 is 1.26 bits per heavy atom. The summed E-state index contributed by atoms with van der Waals surface area (Å²) in [4.78, 5) is 0. The van der Waals surface area contributed by atoms with E-state index in [0.29, 0.717) is 24.7 Å². The second-order valence-corrected chi connectivity index (χ2v) is 10.5. The SMILES string of the molecule is CCC(O)(/C=C/C[C@H](C)C1=CC[C@H]2/C(=C/C=C3/C[C@@H](O)C[C@H](F)C3)CCC[C@]12C)CC. The van der Waals surface area contributed by atoms with Crippen molar-refractivity contribution >= 4 is 0 Å². The minimum absolute atomic E-state index is 0.205. The Morgan fingerprint density at radius 3 is 2.68 bits per heavy atom. The molecule has 0 aromatic carbocycles. The average molecular weight is 431 g/mol. The highest BCUT2D eigenvalue weighted by atomic mass is 19.1. The summed E-state index contributed by atoms with van der Waals surface area (Å²) in [5.41, 5.74) is 3.66. The molecule has 0 heterocycles. The second kappa shape index (κ2) is 10.2. The second-order valence-electron chi connectivity index (χ2n) is 10.5. The zero-order valence-corrected chi connectivity index (χ0v) is 20.0. The lowest BCUT2D eigenvalue weighted by molar-refractivity contribution is 0.0824. The third-order valence-electron chi connectivity index (χ3n) is 8.33. The van der Waals surface area contributed by atoms with E-state index in [0.717, 1.165) is 37.7 Å². The van der Waals surface area contributed by atoms with Gasteiger partial charge in [0.15, 0.2) is 0 Å². The van der Waals surface area contributed by atoms with E-state index in [1.54, 1.807) is 5.57 Å². The number of hydrogen-bond donors (Lipinski definition) is 2. The van der Waals surface area contributed by atoms with E-state index in [2.05, 4.69) is 38.2 Å². The Morgan fingerprint density at radius 2 is 2.00 bits per heavy atom. The number of halogens is 1. The Hall–Kier alpha value is -1.19. The number of aliphatic hydroxyl groups is 2. The zero-order chi connectivity index (χ0) is 22.6. The molecule has 2 N–H and O–H groups in total. The smallest absolute Gasteiger partial charge is 0.106 e. The van der Waals surface area contributed by atoms with Crippen molar-refractivity contribution in [1.82, 2.24) is 0 Å². The minimum atomic E-state index is -0.906. The van der Waals surface area contributed by atoms with Crippen LogP contribution in [0.3, 0.4) is 0 Å². The van der Waals surface area contributed by atoms with Crippen LogP contribution in [0.15, 0.2) is 47.1 Å². The van der Waals surface area contributed by atoms with Crippen LogP contribution in [0.5, 0.6) is 0 Å². The highest BCUT2D eigenvalue weighted by Gasteiger charge is 2.45. The van der Waals surface area contributed by atoms with Crippen LogP contribution in [-0.4, -0.2) is 28.1 Å². The van der Waals surface area contributed by atoms with Gasteiger partial charge in [-0.15, -0.1) is 0 Å². The predicted molar refractivity (Wildman–Crippen MR) is 128 cm³/mol. The first-order chi connectivity index (χ1) is 14.7. The number of allylic oxidation sites excluding steroid dienone is 6. The summed E-state index contributed by atoms with van der Waals surface area (Å²) >= 11 is 0. The summed E-state index contributed by atoms with van der Waals surface area (Å²) in [5.74, 6) is 1.01. The molecule has 2 fully saturated rings. The molecule has 31 heavy (non-hydrogen) atoms. The first-order valence-electron chi connectivity index (χ1n) is 12.5. The molecule has 2 saturated carbocycles. The van der Waals surface area contributed by atoms with Crippen molar-refractivity contribution in [2.45, 2.75) is 110 Å². The fourth-order valence-corrected chi connectivity index (χ4v) is 6.21. The molecule has 3 heteroatoms. The van der Waals surface area contributed by atoms with Crippen molar-refractivity contribution in [2.24, 2.45) is 17.3 Å². The summed E-state index contributed by atoms with van der Waals surface area (Å²) in [6, 6.07) is 0. The van der Waals surface area contributed by atoms with Gasteiger partial charge in [-0.1, -0.05) is 74.8 Å². The minimum Gasteiger partial charge on any atom is -0.393 e. The zero-order valence-electron chi connectivity index (χ0n) is 20.0. The molecule has 3 rings (SSSR count). The number of rotatable bonds is 7. The maximum Gasteiger partial charge on any atom is 0.106 e. The van der Waals surface area contributed by atoms with Gasteiger partial charge in [0.25, 0.3) is 0 Å². The molecule has 0 aliphatic heterocycles. The van der Waals surface area contributed by atoms with E-state index in [1.165, 1.54) is 18.4 Å². The van der Waals surface area contributed by atoms with Gasteiger partial charge in [-0.25, -0.2) is 4.39 Å². The molecule has 3 aliphatic carbocycles. The average Bonchev–Trinajstić information content (AvgIpc) is 3.09. The van der Waals surface area contributed by atoms with Gasteiger partial charge in [0, 0.05) is 12.8 Å². The van der Waals surface area contributed by atoms with Gasteiger partial charge in [-0.3, -0.25) is 0 Å². The van der Waals surface area contributed by atoms with E-state index in [-0.39, 0.29) is 11.8 Å². The molecule has 0 bridgehead atoms. The highest BCUT2D eigenvalue weighted by Crippen LogP contribution is 2.57. The Bertz CT molecular complexity index is 730. The normalized spacial score (nSPS) is 35.6. The summed E-state index contributed by atoms with van der Waals surface area (Å²) in [5, 5.41) is 20.4. The van der Waals surface area contributed by atoms with Crippen LogP contribution in [0.1, 0.15) is 91.9 Å². The molecule has 0 spiro atoms. The van der Waals surface area contributed by atoms with Crippen LogP contribution in [0, 0.1) is 17.3 Å². The van der Waals surface area contributed by atoms with E-state index in [1.807, 2.05) is 19.9 Å². The molecule has 5 atom stereocenters. The quantitative estimate of drug-likeness (QED) is 0.427. The van der Waals surface area contributed by atoms with Crippen LogP contribution >= 0.6 is 0 Å². The fraction of sp³-hybridized carbons (Fsp3) is 0.714. The van der Waals surface area contributed by atoms with Crippen molar-refractivity contribution in [2.75, 3.05) is 0 Å². The molecule has 2 nitrogen and oxygen atoms in total. The Kier molecular flexibility index (Phi) is 8.02. The summed E-state index contributed by atoms with van der Waals surface area (Å²) < 4.78 is 13.8. The molecule has 0 aromatic rings. The monoisotopic (exact) mass is 430 g/mol. The van der Waals surface area contributed by atoms with Crippen LogP contribution in [0.2, 0.25) is 0 Å². The number of hydrogen-bond acceptors (Lipinski definition) is 2. The molecule has 174 valence electrons. The first-order valence-corrected chi connectivity index (χ1v) is 12.5. The fourth-order valence-electron chi connectivity index (χ4n) is 6.21. The van der Waals surface area contributed by atoms with E-state index in [9.17, 15) is 14.6 Å². The van der Waals surface area contributed by atoms with Crippen molar-refractivity contribution in [1.29, 1.82) is 0 Å². The molecular weight excluding hydrogens is 387 g/mol. The van der Waals surface area contributed by atoms with Gasteiger partial charge in [0.2, 0.25) is 0 Å². The van der Waals surface area contributed by atoms with Gasteiger partial charge in [-0.2, -0.15) is 0 Å². The van der Waals surface area contributed by atoms with Crippen LogP contribution in [0.4, 0.5) is 4.39 Å². The van der Waals surface area contributed by atoms with Gasteiger partial charge in [-0.05, 0) is 68.6 Å². The number of alkyl halides is 1. The standard InChI is InChI=1S/C28H43FO2/c1-5-28(31,6-2)16-7-9-20(3)25-13-14-26-22(10-8-15-27(25,26)4)12-11-21-17-23(29)19-24(30)18-21/h7,11-13,16,20,23-24,26,30-31H,5-6,8-10,14-15,17-19H2,1-4H3/b16-7+,21-11+,22-12+/t20-,23+,24+,26-,27+/m0/s1. The van der Waals surface area contributed by atoms with Crippen LogP contribution in [0.25, 0.3) is 0 Å². The molecular formula is C28H43FO2. The molecule has 0 unspecified atom stereocenters. The summed E-state index contributed by atoms with van der Waals surface area (Å²) in [6.07, 6.45) is 18.1. The van der Waals surface area contributed by atoms with E-state index >= 15 is 0 Å². The Balaban J connectivity index is 1.69. The predicted octanol–water partition coefficient (Wildman–Crippen LogP) is 6.99. The topological polar surface area (TPSA) is 40.5 Å². The lowest BCUT2D eigenvalue weighted by Gasteiger charge is -2.42. The van der Waals surface area contributed by atoms with Crippen molar-refractivity contribution in [3.05, 3.63) is 47.1 Å². The lowest BCUT2D eigenvalue weighted by atomic mass is 9.62. The maximum absolute atomic E-state index is 13.8. The highest BCUT2D eigenvalue weighted by molar-refractivity contribution is 5.35. The molecule has 0 amide bonds. The van der Waals surface area contributed by atoms with Gasteiger partial charge in [0.1, 0.15) is 6.17 Å². The van der Waals surface area contributed by atoms with Gasteiger partial charge < -0.3 is 10.2 Å². The Labute approximate surface area is 189 Å². The van der Waals surface area contributed by atoms with Gasteiger partial charge >= 0.3 is 0 Å². The van der Waals surface area contributed by atoms with Crippen LogP contribution in [-0.2, 0) is 0 Å². The maximum atomic E-state index is 13.8. The number of aliphatic hydroxyl groups excluding tert-OH is 1. The first kappa shape index (κ1) is 24.5. The molecule has 3 aliphatic rings. The van der Waals surface area contributed by atoms with E-state index in [4.69, 9.17) is 0 Å². The molecule has 0 radical (unpaired) electrons. The van der Waals surface area contributed by atoms with Gasteiger partial charge in [0.05, 0.1) is 11.7 Å². The van der Waals surface area contributed by atoms with Crippen molar-refractivity contribution in [3.63, 3.8) is 0 Å². The van der Waals surface area contributed by atoms with Crippen LogP contribution < -0.4 is 0 Å². The van der Waals surface area contributed by atoms with Crippen molar-refractivity contribution in [3.8, 4) is 0 Å². The molecule has 0 aromatic heterocycles. The summed E-state index contributed by atoms with van der Waals surface area (Å²) in [7, 11) is 0. The lowest BCUT2D eigenvalue weighted by Crippen LogP contribution is -2.32. The summed E-state index contributed by atoms with van der Waals surface area (Å²) in [6.45, 7) is 8.84. The third kappa shape index (κ3) is 5.60. The number of fused-ring (bicyclic) bond motifs is 1. The van der Waals surface area contributed by atoms with Crippen molar-refractivity contribution < 1.29 is 14.6 Å². The molecule has 0 saturated heterocycles.